The fourth-order valence-electron chi connectivity index (χ4n) is 3.05. The highest BCUT2D eigenvalue weighted by Gasteiger charge is 2.51. The number of hydrogen-bond donors (Lipinski definition) is 2. The second-order valence-electron chi connectivity index (χ2n) is 5.54. The minimum absolute atomic E-state index is 0.00871. The normalized spacial score (nSPS) is 25.1. The summed E-state index contributed by atoms with van der Waals surface area (Å²) in [7, 11) is 0. The number of rotatable bonds is 1. The fraction of sp³-hybridized carbons (Fsp3) is 0.429. The molecule has 118 valence electrons. The summed E-state index contributed by atoms with van der Waals surface area (Å²) in [6, 6.07) is 1.53. The predicted octanol–water partition coefficient (Wildman–Crippen LogP) is 1.43. The van der Waals surface area contributed by atoms with Crippen molar-refractivity contribution in [3.8, 4) is 0 Å². The lowest BCUT2D eigenvalue weighted by molar-refractivity contribution is -0.178. The van der Waals surface area contributed by atoms with Crippen LogP contribution >= 0.6 is 0 Å². The van der Waals surface area contributed by atoms with Gasteiger partial charge in [-0.25, -0.2) is 0 Å². The monoisotopic (exact) mass is 313 g/mol. The van der Waals surface area contributed by atoms with E-state index in [1.165, 1.54) is 11.0 Å². The summed E-state index contributed by atoms with van der Waals surface area (Å²) in [6.45, 7) is 0.0757. The Morgan fingerprint density at radius 1 is 1.27 bits per heavy atom. The highest BCUT2D eigenvalue weighted by Crippen LogP contribution is 2.34. The van der Waals surface area contributed by atoms with Crippen LogP contribution in [0.2, 0.25) is 0 Å². The smallest absolute Gasteiger partial charge is 0.399 e. The molecule has 8 heteroatoms. The molecule has 1 aromatic carbocycles. The Morgan fingerprint density at radius 3 is 2.68 bits per heavy atom. The van der Waals surface area contributed by atoms with Crippen LogP contribution in [0.4, 0.5) is 18.9 Å². The van der Waals surface area contributed by atoms with Gasteiger partial charge in [-0.3, -0.25) is 9.59 Å². The molecule has 1 fully saturated rings. The number of fused-ring (bicyclic) bond motifs is 1. The van der Waals surface area contributed by atoms with Gasteiger partial charge >= 0.3 is 6.18 Å². The molecule has 2 aliphatic heterocycles. The molecule has 0 bridgehead atoms. The number of carbonyl (C=O) groups is 2. The lowest BCUT2D eigenvalue weighted by atomic mass is 9.96. The van der Waals surface area contributed by atoms with E-state index in [4.69, 9.17) is 5.73 Å². The quantitative estimate of drug-likeness (QED) is 0.770. The molecule has 3 rings (SSSR count). The number of hydrogen-bond acceptors (Lipinski definition) is 3. The van der Waals surface area contributed by atoms with Crippen molar-refractivity contribution < 1.29 is 22.8 Å². The number of nitrogens with two attached hydrogens (primary N) is 1. The third-order valence-corrected chi connectivity index (χ3v) is 4.08. The molecule has 2 unspecified atom stereocenters. The van der Waals surface area contributed by atoms with Crippen molar-refractivity contribution >= 4 is 17.5 Å². The van der Waals surface area contributed by atoms with Crippen LogP contribution in [0, 0.1) is 0 Å². The number of anilines is 1. The van der Waals surface area contributed by atoms with Gasteiger partial charge in [-0.2, -0.15) is 13.2 Å². The molecule has 3 N–H and O–H groups in total. The standard InChI is InChI=1S/C14H14F3N3O2/c15-14(16,17)12-10(3-4-11(21)19-12)20-6-7-5-8(18)1-2-9(7)13(20)22/h1-2,5,10,12H,3-4,6,18H2,(H,19,21). The van der Waals surface area contributed by atoms with E-state index in [1.807, 2.05) is 5.32 Å². The topological polar surface area (TPSA) is 75.4 Å². The summed E-state index contributed by atoms with van der Waals surface area (Å²) in [5, 5.41) is 1.96. The largest absolute Gasteiger partial charge is 0.410 e. The van der Waals surface area contributed by atoms with Gasteiger partial charge in [0.2, 0.25) is 5.91 Å². The van der Waals surface area contributed by atoms with E-state index < -0.39 is 30.1 Å². The second kappa shape index (κ2) is 4.89. The van der Waals surface area contributed by atoms with Gasteiger partial charge < -0.3 is 16.0 Å². The molecule has 2 atom stereocenters. The highest BCUT2D eigenvalue weighted by molar-refractivity contribution is 5.99. The maximum atomic E-state index is 13.2. The first-order chi connectivity index (χ1) is 10.3. The summed E-state index contributed by atoms with van der Waals surface area (Å²) in [5.41, 5.74) is 7.09. The zero-order valence-electron chi connectivity index (χ0n) is 11.5. The zero-order chi connectivity index (χ0) is 16.1. The molecular formula is C14H14F3N3O2. The van der Waals surface area contributed by atoms with E-state index in [2.05, 4.69) is 0 Å². The molecule has 0 aromatic heterocycles. The van der Waals surface area contributed by atoms with E-state index in [9.17, 15) is 22.8 Å². The molecular weight excluding hydrogens is 299 g/mol. The first-order valence-corrected chi connectivity index (χ1v) is 6.83. The van der Waals surface area contributed by atoms with Gasteiger partial charge in [0, 0.05) is 24.2 Å². The van der Waals surface area contributed by atoms with Crippen LogP contribution in [-0.4, -0.2) is 35.0 Å². The van der Waals surface area contributed by atoms with Crippen molar-refractivity contribution in [2.45, 2.75) is 37.6 Å². The summed E-state index contributed by atoms with van der Waals surface area (Å²) in [5.74, 6) is -1.10. The van der Waals surface area contributed by atoms with Crippen molar-refractivity contribution in [3.63, 3.8) is 0 Å². The molecule has 22 heavy (non-hydrogen) atoms. The maximum absolute atomic E-state index is 13.2. The van der Waals surface area contributed by atoms with Gasteiger partial charge in [0.25, 0.3) is 5.91 Å². The third kappa shape index (κ3) is 2.38. The molecule has 0 aliphatic carbocycles. The molecule has 2 heterocycles. The Balaban J connectivity index is 1.91. The number of nitrogen functional groups attached to an aromatic ring is 1. The van der Waals surface area contributed by atoms with Crippen LogP contribution in [0.15, 0.2) is 18.2 Å². The first kappa shape index (κ1) is 14.7. The minimum atomic E-state index is -4.60. The number of carbonyl (C=O) groups excluding carboxylic acids is 2. The summed E-state index contributed by atoms with van der Waals surface area (Å²) >= 11 is 0. The van der Waals surface area contributed by atoms with Crippen molar-refractivity contribution in [2.75, 3.05) is 5.73 Å². The molecule has 2 aliphatic rings. The van der Waals surface area contributed by atoms with Crippen LogP contribution in [0.25, 0.3) is 0 Å². The number of alkyl halides is 3. The van der Waals surface area contributed by atoms with Gasteiger partial charge in [-0.1, -0.05) is 0 Å². The van der Waals surface area contributed by atoms with Gasteiger partial charge in [0.15, 0.2) is 0 Å². The molecule has 0 radical (unpaired) electrons. The minimum Gasteiger partial charge on any atom is -0.399 e. The lowest BCUT2D eigenvalue weighted by Gasteiger charge is -2.38. The van der Waals surface area contributed by atoms with Crippen LogP contribution in [0.5, 0.6) is 0 Å². The molecule has 1 saturated heterocycles. The van der Waals surface area contributed by atoms with Crippen LogP contribution in [-0.2, 0) is 11.3 Å². The highest BCUT2D eigenvalue weighted by atomic mass is 19.4. The molecule has 5 nitrogen and oxygen atoms in total. The SMILES string of the molecule is Nc1ccc2c(c1)CN(C1CCC(=O)NC1C(F)(F)F)C2=O. The average molecular weight is 313 g/mol. The number of halogens is 3. The molecule has 2 amide bonds. The molecule has 1 aromatic rings. The molecule has 0 saturated carbocycles. The number of piperidine rings is 1. The Hall–Kier alpha value is -2.25. The number of amides is 2. The Morgan fingerprint density at radius 2 is 2.00 bits per heavy atom. The van der Waals surface area contributed by atoms with E-state index in [0.29, 0.717) is 16.8 Å². The zero-order valence-corrected chi connectivity index (χ0v) is 11.5. The first-order valence-electron chi connectivity index (χ1n) is 6.83. The Labute approximate surface area is 124 Å². The van der Waals surface area contributed by atoms with Crippen LogP contribution in [0.1, 0.15) is 28.8 Å². The van der Waals surface area contributed by atoms with Crippen LogP contribution < -0.4 is 11.1 Å². The van der Waals surface area contributed by atoms with E-state index in [1.54, 1.807) is 12.1 Å². The third-order valence-electron chi connectivity index (χ3n) is 4.08. The van der Waals surface area contributed by atoms with Gasteiger partial charge in [-0.15, -0.1) is 0 Å². The van der Waals surface area contributed by atoms with E-state index in [0.717, 1.165) is 0 Å². The second-order valence-corrected chi connectivity index (χ2v) is 5.54. The van der Waals surface area contributed by atoms with Gasteiger partial charge in [-0.05, 0) is 30.2 Å². The van der Waals surface area contributed by atoms with E-state index in [-0.39, 0.29) is 19.4 Å². The number of benzene rings is 1. The summed E-state index contributed by atoms with van der Waals surface area (Å²) in [6.07, 6.45) is -4.64. The van der Waals surface area contributed by atoms with Gasteiger partial charge in [0.1, 0.15) is 6.04 Å². The predicted molar refractivity (Wildman–Crippen MR) is 71.7 cm³/mol. The van der Waals surface area contributed by atoms with Crippen molar-refractivity contribution in [1.29, 1.82) is 0 Å². The molecule has 0 spiro atoms. The summed E-state index contributed by atoms with van der Waals surface area (Å²) < 4.78 is 39.5. The average Bonchev–Trinajstić information content (AvgIpc) is 2.74. The summed E-state index contributed by atoms with van der Waals surface area (Å²) in [4.78, 5) is 24.8. The Kier molecular flexibility index (Phi) is 3.26. The number of nitrogens with one attached hydrogen (secondary N) is 1. The Bertz CT molecular complexity index is 645. The lowest BCUT2D eigenvalue weighted by Crippen LogP contribution is -2.61. The fourth-order valence-corrected chi connectivity index (χ4v) is 3.05. The van der Waals surface area contributed by atoms with Crippen molar-refractivity contribution in [3.05, 3.63) is 29.3 Å². The maximum Gasteiger partial charge on any atom is 0.410 e. The number of nitrogens with zero attached hydrogens (tertiary/aromatic N) is 1. The van der Waals surface area contributed by atoms with Crippen molar-refractivity contribution in [1.82, 2.24) is 10.2 Å². The van der Waals surface area contributed by atoms with E-state index >= 15 is 0 Å². The van der Waals surface area contributed by atoms with Crippen LogP contribution in [0.3, 0.4) is 0 Å². The van der Waals surface area contributed by atoms with Gasteiger partial charge in [0.05, 0.1) is 6.04 Å². The van der Waals surface area contributed by atoms with Crippen molar-refractivity contribution in [2.24, 2.45) is 0 Å².